The molecule has 120 valence electrons. The van der Waals surface area contributed by atoms with Crippen molar-refractivity contribution in [3.05, 3.63) is 0 Å². The average molecular weight is 716 g/mol. The van der Waals surface area contributed by atoms with E-state index in [1.54, 1.807) is 0 Å². The van der Waals surface area contributed by atoms with Crippen LogP contribution in [-0.4, -0.2) is 47.0 Å². The third kappa shape index (κ3) is 6.87. The van der Waals surface area contributed by atoms with Crippen molar-refractivity contribution in [2.45, 2.75) is 3.80 Å². The van der Waals surface area contributed by atoms with Crippen LogP contribution in [0.5, 0.6) is 0 Å². The molecule has 0 saturated carbocycles. The Morgan fingerprint density at radius 1 is 0.950 bits per heavy atom. The summed E-state index contributed by atoms with van der Waals surface area (Å²) >= 11 is 19.5. The van der Waals surface area contributed by atoms with Crippen LogP contribution in [0.3, 0.4) is 0 Å². The van der Waals surface area contributed by atoms with Gasteiger partial charge in [-0.2, -0.15) is 9.19 Å². The summed E-state index contributed by atoms with van der Waals surface area (Å²) in [7, 11) is -3.51. The Kier molecular flexibility index (Phi) is 8.85. The second-order valence-corrected chi connectivity index (χ2v) is 21.2. The molecule has 0 unspecified atom stereocenters. The second-order valence-electron chi connectivity index (χ2n) is 3.45. The number of hydrogen-bond acceptors (Lipinski definition) is 6. The van der Waals surface area contributed by atoms with Crippen molar-refractivity contribution in [3.8, 4) is 0 Å². The lowest BCUT2D eigenvalue weighted by Crippen LogP contribution is -2.49. The quantitative estimate of drug-likeness (QED) is 0.144. The van der Waals surface area contributed by atoms with E-state index in [-0.39, 0.29) is 0 Å². The Balaban J connectivity index is 2.41. The van der Waals surface area contributed by atoms with Gasteiger partial charge in [-0.1, -0.05) is 0 Å². The zero-order valence-electron chi connectivity index (χ0n) is 9.44. The lowest BCUT2D eigenvalue weighted by atomic mass is 10.4. The number of sulfonamides is 1. The van der Waals surface area contributed by atoms with Crippen LogP contribution in [0, 0.1) is 0 Å². The van der Waals surface area contributed by atoms with E-state index in [2.05, 4.69) is 95.6 Å². The van der Waals surface area contributed by atoms with Crippen molar-refractivity contribution in [2.75, 3.05) is 26.2 Å². The Labute approximate surface area is 172 Å². The van der Waals surface area contributed by atoms with Gasteiger partial charge in [-0.05, 0) is 95.6 Å². The van der Waals surface area contributed by atoms with Crippen LogP contribution in [0.1, 0.15) is 0 Å². The van der Waals surface area contributed by atoms with E-state index in [9.17, 15) is 8.42 Å². The SMILES string of the molecule is O=S(=O)(N1CCN(SOOC(Br)(Br)Br)CC1)C(Br)(Br)Br. The van der Waals surface area contributed by atoms with Gasteiger partial charge in [0.05, 0.1) is 0 Å². The summed E-state index contributed by atoms with van der Waals surface area (Å²) in [5.41, 5.74) is 0. The largest absolute Gasteiger partial charge is 0.266 e. The summed E-state index contributed by atoms with van der Waals surface area (Å²) in [6.07, 6.45) is 0. The maximum absolute atomic E-state index is 12.1. The molecule has 1 aliphatic rings. The maximum atomic E-state index is 12.1. The summed E-state index contributed by atoms with van der Waals surface area (Å²) in [4.78, 5) is 4.90. The van der Waals surface area contributed by atoms with Gasteiger partial charge < -0.3 is 0 Å². The molecule has 0 aromatic heterocycles. The van der Waals surface area contributed by atoms with Gasteiger partial charge in [0.2, 0.25) is 1.47 Å². The Morgan fingerprint density at radius 2 is 1.45 bits per heavy atom. The van der Waals surface area contributed by atoms with Crippen LogP contribution in [0.2, 0.25) is 0 Å². The van der Waals surface area contributed by atoms with E-state index in [1.165, 1.54) is 4.31 Å². The fourth-order valence-electron chi connectivity index (χ4n) is 1.23. The fraction of sp³-hybridized carbons (Fsp3) is 1.00. The Morgan fingerprint density at radius 3 is 1.85 bits per heavy atom. The van der Waals surface area contributed by atoms with Crippen LogP contribution in [0.25, 0.3) is 0 Å². The van der Waals surface area contributed by atoms with Gasteiger partial charge in [-0.15, -0.1) is 4.33 Å². The van der Waals surface area contributed by atoms with E-state index in [0.29, 0.717) is 26.2 Å². The molecule has 0 radical (unpaired) electrons. The van der Waals surface area contributed by atoms with Crippen molar-refractivity contribution >= 4 is 118 Å². The molecule has 6 nitrogen and oxygen atoms in total. The first-order valence-electron chi connectivity index (χ1n) is 4.84. The van der Waals surface area contributed by atoms with Crippen molar-refractivity contribution in [1.82, 2.24) is 8.61 Å². The van der Waals surface area contributed by atoms with E-state index in [0.717, 1.165) is 12.2 Å². The monoisotopic (exact) mass is 710 g/mol. The van der Waals surface area contributed by atoms with Crippen LogP contribution in [-0.2, 0) is 19.2 Å². The predicted octanol–water partition coefficient (Wildman–Crippen LogP) is 4.04. The van der Waals surface area contributed by atoms with E-state index >= 15 is 0 Å². The number of halogens is 6. The molecule has 1 fully saturated rings. The molecule has 20 heavy (non-hydrogen) atoms. The minimum absolute atomic E-state index is 0.353. The van der Waals surface area contributed by atoms with Crippen molar-refractivity contribution in [3.63, 3.8) is 0 Å². The predicted molar refractivity (Wildman–Crippen MR) is 101 cm³/mol. The standard InChI is InChI=1S/C6H8Br6N2O4S2/c7-5(8,9)17-18-19-13-1-3-14(4-2-13)20(15,16)6(10,11)12/h1-4H2. The van der Waals surface area contributed by atoms with Crippen LogP contribution in [0.15, 0.2) is 0 Å². The van der Waals surface area contributed by atoms with E-state index in [1.807, 2.05) is 4.31 Å². The summed E-state index contributed by atoms with van der Waals surface area (Å²) in [6.45, 7) is 1.73. The number of rotatable bonds is 4. The molecule has 1 aliphatic heterocycles. The summed E-state index contributed by atoms with van der Waals surface area (Å²) in [5.74, 6) is 0. The minimum atomic E-state index is -3.51. The average Bonchev–Trinajstić information content (AvgIpc) is 2.26. The molecule has 0 aliphatic carbocycles. The molecule has 0 aromatic carbocycles. The van der Waals surface area contributed by atoms with Gasteiger partial charge in [-0.25, -0.2) is 12.7 Å². The van der Waals surface area contributed by atoms with Gasteiger partial charge in [-0.3, -0.25) is 0 Å². The van der Waals surface area contributed by atoms with Crippen LogP contribution < -0.4 is 0 Å². The zero-order valence-corrected chi connectivity index (χ0v) is 20.6. The summed E-state index contributed by atoms with van der Waals surface area (Å²) in [6, 6.07) is 0. The van der Waals surface area contributed by atoms with Gasteiger partial charge in [0, 0.05) is 26.2 Å². The number of nitrogens with zero attached hydrogens (tertiary/aromatic N) is 2. The highest BCUT2D eigenvalue weighted by Crippen LogP contribution is 2.41. The van der Waals surface area contributed by atoms with Crippen molar-refractivity contribution in [1.29, 1.82) is 0 Å². The summed E-state index contributed by atoms with van der Waals surface area (Å²) < 4.78 is 30.2. The normalized spacial score (nSPS) is 20.3. The first-order chi connectivity index (χ1) is 8.93. The van der Waals surface area contributed by atoms with Crippen molar-refractivity contribution < 1.29 is 17.6 Å². The van der Waals surface area contributed by atoms with E-state index in [4.69, 9.17) is 9.22 Å². The highest BCUT2D eigenvalue weighted by Gasteiger charge is 2.42. The van der Waals surface area contributed by atoms with Crippen LogP contribution in [0.4, 0.5) is 0 Å². The zero-order chi connectivity index (χ0) is 15.6. The molecule has 14 heteroatoms. The highest BCUT2D eigenvalue weighted by atomic mass is 80.0. The third-order valence-corrected chi connectivity index (χ3v) is 8.51. The smallest absolute Gasteiger partial charge is 0.222 e. The molecule has 0 bridgehead atoms. The molecule has 0 amide bonds. The summed E-state index contributed by atoms with van der Waals surface area (Å²) in [5, 5.41) is 0. The van der Waals surface area contributed by atoms with Crippen molar-refractivity contribution in [2.24, 2.45) is 0 Å². The van der Waals surface area contributed by atoms with Gasteiger partial charge in [0.15, 0.2) is 0 Å². The highest BCUT2D eigenvalue weighted by molar-refractivity contribution is 9.42. The Bertz CT molecular complexity index is 416. The lowest BCUT2D eigenvalue weighted by molar-refractivity contribution is -0.187. The second kappa shape index (κ2) is 8.41. The molecular weight excluding hydrogens is 708 g/mol. The topological polar surface area (TPSA) is 59.1 Å². The number of alkyl halides is 6. The minimum Gasteiger partial charge on any atom is -0.222 e. The molecule has 0 N–H and O–H groups in total. The maximum Gasteiger partial charge on any atom is 0.266 e. The molecule has 0 spiro atoms. The number of piperazine rings is 1. The Hall–Kier alpha value is 3.02. The molecule has 1 heterocycles. The van der Waals surface area contributed by atoms with Crippen LogP contribution >= 0.6 is 108 Å². The molecule has 0 aromatic rings. The molecule has 0 atom stereocenters. The third-order valence-electron chi connectivity index (χ3n) is 2.09. The van der Waals surface area contributed by atoms with Gasteiger partial charge in [0.1, 0.15) is 12.2 Å². The van der Waals surface area contributed by atoms with E-state index < -0.39 is 13.8 Å². The van der Waals surface area contributed by atoms with Gasteiger partial charge >= 0.3 is 0 Å². The first kappa shape index (κ1) is 21.1. The van der Waals surface area contributed by atoms with Gasteiger partial charge in [0.25, 0.3) is 12.4 Å². The lowest BCUT2D eigenvalue weighted by Gasteiger charge is -2.34. The first-order valence-corrected chi connectivity index (χ1v) is 11.7. The molecule has 1 rings (SSSR count). The fourth-order valence-corrected chi connectivity index (χ4v) is 5.00. The molecule has 1 saturated heterocycles. The number of hydrogen-bond donors (Lipinski definition) is 0. The molecular formula is C6H8Br6N2O4S2.